The van der Waals surface area contributed by atoms with Gasteiger partial charge in [-0.25, -0.2) is 4.79 Å². The normalized spacial score (nSPS) is 12.6. The molecule has 3 N–H and O–H groups in total. The number of alkyl carbamates (subject to hydrolysis) is 1. The number of nitrogens with two attached hydrogens (primary N) is 1. The number of esters is 2. The Kier molecular flexibility index (Phi) is 25.9. The first kappa shape index (κ1) is 70.4. The highest BCUT2D eigenvalue weighted by Gasteiger charge is 2.50. The average molecular weight is 1310 g/mol. The van der Waals surface area contributed by atoms with E-state index >= 15 is 0 Å². The molecule has 0 saturated carbocycles. The summed E-state index contributed by atoms with van der Waals surface area (Å²) in [6, 6.07) is 67.4. The Balaban J connectivity index is 0.803. The molecule has 1 unspecified atom stereocenters. The fraction of sp³-hybridized carbons (Fsp3) is 0.333. The van der Waals surface area contributed by atoms with Crippen LogP contribution in [0.4, 0.5) is 4.79 Å². The number of rotatable bonds is 37. The van der Waals surface area contributed by atoms with Crippen LogP contribution in [0.15, 0.2) is 200 Å². The number of amides is 2. The second kappa shape index (κ2) is 35.0. The minimum absolute atomic E-state index is 0.0738. The summed E-state index contributed by atoms with van der Waals surface area (Å²) in [6.45, 7) is 9.06. The molecule has 1 aliphatic carbocycles. The number of carbonyl (C=O) groups excluding carboxylic acids is 4. The predicted molar refractivity (Wildman–Crippen MR) is 368 cm³/mol. The molecule has 9 rings (SSSR count). The molecule has 498 valence electrons. The number of methoxy groups -OCH3 is 2. The van der Waals surface area contributed by atoms with E-state index in [0.29, 0.717) is 50.6 Å². The van der Waals surface area contributed by atoms with Gasteiger partial charge in [0, 0.05) is 25.4 Å². The quantitative estimate of drug-likeness (QED) is 0.0161. The molecule has 0 heterocycles. The maximum absolute atomic E-state index is 13.2. The average Bonchev–Trinajstić information content (AvgIpc) is 1.49. The van der Waals surface area contributed by atoms with E-state index in [1.165, 1.54) is 10.4 Å². The van der Waals surface area contributed by atoms with Crippen LogP contribution in [0.25, 0.3) is 11.1 Å². The van der Waals surface area contributed by atoms with Crippen LogP contribution in [0.5, 0.6) is 11.5 Å². The number of hydrogen-bond acceptors (Lipinski definition) is 14. The lowest BCUT2D eigenvalue weighted by Gasteiger charge is -2.43. The molecule has 1 atom stereocenters. The number of primary amides is 1. The summed E-state index contributed by atoms with van der Waals surface area (Å²) >= 11 is 0. The van der Waals surface area contributed by atoms with Gasteiger partial charge in [-0.15, -0.1) is 0 Å². The molecule has 0 spiro atoms. The van der Waals surface area contributed by atoms with E-state index in [2.05, 4.69) is 123 Å². The van der Waals surface area contributed by atoms with E-state index < -0.39 is 37.7 Å². The number of nitrogens with one attached hydrogen (secondary N) is 1. The van der Waals surface area contributed by atoms with E-state index in [0.717, 1.165) is 61.2 Å². The summed E-state index contributed by atoms with van der Waals surface area (Å²) in [5.74, 6) is -0.566. The van der Waals surface area contributed by atoms with Crippen LogP contribution in [-0.2, 0) is 97.7 Å². The lowest BCUT2D eigenvalue weighted by molar-refractivity contribution is -0.158. The molecule has 1 aliphatic rings. The molecule has 0 radical (unpaired) electrons. The van der Waals surface area contributed by atoms with Gasteiger partial charge in [-0.3, -0.25) is 14.4 Å². The lowest BCUT2D eigenvalue weighted by atomic mass is 9.92. The van der Waals surface area contributed by atoms with Crippen molar-refractivity contribution in [3.63, 3.8) is 0 Å². The zero-order chi connectivity index (χ0) is 66.9. The Labute approximate surface area is 559 Å². The number of carbonyl (C=O) groups is 4. The first-order valence-electron chi connectivity index (χ1n) is 32.3. The molecule has 95 heavy (non-hydrogen) atoms. The minimum atomic E-state index is -2.71. The molecule has 8 aromatic carbocycles. The minimum Gasteiger partial charge on any atom is -0.493 e. The van der Waals surface area contributed by atoms with Crippen molar-refractivity contribution in [2.45, 2.75) is 90.3 Å². The van der Waals surface area contributed by atoms with E-state index in [9.17, 15) is 19.2 Å². The van der Waals surface area contributed by atoms with Crippen LogP contribution in [0, 0.1) is 5.41 Å². The number of hydrogen-bond donors (Lipinski definition) is 2. The van der Waals surface area contributed by atoms with Crippen LogP contribution < -0.4 is 30.9 Å². The molecule has 16 nitrogen and oxygen atoms in total. The fourth-order valence-corrected chi connectivity index (χ4v) is 16.5. The summed E-state index contributed by atoms with van der Waals surface area (Å²) in [5.41, 5.74) is 15.8. The number of fused-ring (bicyclic) bond motifs is 3. The smallest absolute Gasteiger partial charge is 0.407 e. The van der Waals surface area contributed by atoms with Gasteiger partial charge in [0.05, 0.1) is 85.5 Å². The third kappa shape index (κ3) is 20.1. The number of benzene rings is 8. The van der Waals surface area contributed by atoms with Gasteiger partial charge in [-0.1, -0.05) is 209 Å². The molecule has 17 heteroatoms. The topological polar surface area (TPSA) is 199 Å². The van der Waals surface area contributed by atoms with Crippen LogP contribution in [0.1, 0.15) is 89.6 Å². The van der Waals surface area contributed by atoms with Crippen molar-refractivity contribution >= 4 is 42.6 Å². The molecule has 2 amide bonds. The summed E-state index contributed by atoms with van der Waals surface area (Å²) < 4.78 is 60.5. The maximum Gasteiger partial charge on any atom is 0.407 e. The summed E-state index contributed by atoms with van der Waals surface area (Å²) in [4.78, 5) is 50.3. The highest BCUT2D eigenvalue weighted by molar-refractivity contribution is 6.99. The summed E-state index contributed by atoms with van der Waals surface area (Å²) in [5, 5.41) is 4.85. The van der Waals surface area contributed by atoms with Crippen LogP contribution in [-0.4, -0.2) is 106 Å². The highest BCUT2D eigenvalue weighted by atomic mass is 28.4. The molecular formula is C78H88N2O14Si. The van der Waals surface area contributed by atoms with E-state index in [4.69, 9.17) is 52.8 Å². The van der Waals surface area contributed by atoms with E-state index in [1.54, 1.807) is 14.2 Å². The highest BCUT2D eigenvalue weighted by Crippen LogP contribution is 2.45. The summed E-state index contributed by atoms with van der Waals surface area (Å²) in [6.07, 6.45) is 0.830. The van der Waals surface area contributed by atoms with Gasteiger partial charge in [0.2, 0.25) is 5.91 Å². The SMILES string of the molecule is COc1ccc(COCCc2ccc(COCC(COCc3ccc(CCOC(=O)CNC(=O)OCC4c5ccccc5-c5ccccc54)cc3)(COCc3ccc(CCO[Si](c4ccccc4)(c4ccccc4)C(C)(C)C)cc3)COC(=O)CCC(N)=O)cc2)cc1OC. The first-order chi connectivity index (χ1) is 46.1. The van der Waals surface area contributed by atoms with Crippen molar-refractivity contribution in [1.29, 1.82) is 0 Å². The Morgan fingerprint density at radius 1 is 0.453 bits per heavy atom. The predicted octanol–water partition coefficient (Wildman–Crippen LogP) is 12.0. The second-order valence-corrected chi connectivity index (χ2v) is 29.3. The standard InChI is InChI=1S/C78H88N2O14Si/c1-77(2,3)95(64-16-8-6-9-17-64,65-18-10-7-11-19-65)94-45-42-59-28-34-62(35-29-59)50-90-55-78(56-93-74(82)39-38-73(79)81,53-88-48-60-30-24-57(25-31-60)40-43-87-51-63-36-37-71(85-4)72(46-63)86-5)54-89-49-61-32-26-58(27-33-61)41-44-91-75(83)47-80-76(84)92-52-70-68-22-14-12-20-66(68)67-21-13-15-23-69(67)70/h6-37,46,70H,38-45,47-56H2,1-5H3,(H2,79,81)(H,80,84). The van der Waals surface area contributed by atoms with Crippen molar-refractivity contribution in [3.05, 3.63) is 250 Å². The molecular weight excluding hydrogens is 1220 g/mol. The Morgan fingerprint density at radius 3 is 1.40 bits per heavy atom. The Morgan fingerprint density at radius 2 is 0.905 bits per heavy atom. The van der Waals surface area contributed by atoms with Gasteiger partial charge in [0.1, 0.15) is 19.8 Å². The van der Waals surface area contributed by atoms with Crippen molar-refractivity contribution in [3.8, 4) is 22.6 Å². The molecule has 0 bridgehead atoms. The second-order valence-electron chi connectivity index (χ2n) is 25.0. The Bertz CT molecular complexity index is 3650. The molecule has 8 aromatic rings. The van der Waals surface area contributed by atoms with Crippen molar-refractivity contribution in [1.82, 2.24) is 5.32 Å². The molecule has 0 saturated heterocycles. The van der Waals surface area contributed by atoms with Crippen molar-refractivity contribution in [2.24, 2.45) is 11.1 Å². The zero-order valence-electron chi connectivity index (χ0n) is 55.2. The van der Waals surface area contributed by atoms with Gasteiger partial charge in [-0.05, 0) is 102 Å². The maximum atomic E-state index is 13.2. The third-order valence-electron chi connectivity index (χ3n) is 17.0. The fourth-order valence-electron chi connectivity index (χ4n) is 11.9. The van der Waals surface area contributed by atoms with Crippen LogP contribution in [0.3, 0.4) is 0 Å². The van der Waals surface area contributed by atoms with E-state index in [1.807, 2.05) is 103 Å². The van der Waals surface area contributed by atoms with Crippen LogP contribution >= 0.6 is 0 Å². The molecule has 0 aliphatic heterocycles. The van der Waals surface area contributed by atoms with Gasteiger partial charge in [-0.2, -0.15) is 0 Å². The zero-order valence-corrected chi connectivity index (χ0v) is 56.2. The summed E-state index contributed by atoms with van der Waals surface area (Å²) in [7, 11) is 0.506. The van der Waals surface area contributed by atoms with Crippen molar-refractivity contribution < 1.29 is 66.2 Å². The number of ether oxygens (including phenoxy) is 9. The van der Waals surface area contributed by atoms with Gasteiger partial charge in [0.15, 0.2) is 11.5 Å². The lowest BCUT2D eigenvalue weighted by Crippen LogP contribution is -2.66. The first-order valence-corrected chi connectivity index (χ1v) is 34.2. The van der Waals surface area contributed by atoms with Gasteiger partial charge < -0.3 is 58.1 Å². The van der Waals surface area contributed by atoms with Gasteiger partial charge >= 0.3 is 18.0 Å². The largest absolute Gasteiger partial charge is 0.493 e. The molecule has 0 aromatic heterocycles. The monoisotopic (exact) mass is 1300 g/mol. The third-order valence-corrected chi connectivity index (χ3v) is 22.0. The van der Waals surface area contributed by atoms with Crippen molar-refractivity contribution in [2.75, 3.05) is 73.6 Å². The van der Waals surface area contributed by atoms with Crippen LogP contribution in [0.2, 0.25) is 5.04 Å². The van der Waals surface area contributed by atoms with Gasteiger partial charge in [0.25, 0.3) is 8.32 Å². The molecule has 0 fully saturated rings. The Hall–Kier alpha value is -8.94. The van der Waals surface area contributed by atoms with E-state index in [-0.39, 0.29) is 89.8 Å².